The molecule has 0 spiro atoms. The lowest BCUT2D eigenvalue weighted by molar-refractivity contribution is 0.0558. The van der Waals surface area contributed by atoms with E-state index >= 15 is 0 Å². The SMILES string of the molecule is Nc1ccc2nnn(C3CCCOC3)c2c1. The maximum atomic E-state index is 5.78. The molecule has 1 saturated heterocycles. The molecule has 84 valence electrons. The quantitative estimate of drug-likeness (QED) is 0.734. The van der Waals surface area contributed by atoms with Gasteiger partial charge in [0.25, 0.3) is 0 Å². The lowest BCUT2D eigenvalue weighted by atomic mass is 10.1. The summed E-state index contributed by atoms with van der Waals surface area (Å²) in [6, 6.07) is 5.96. The number of hydrogen-bond acceptors (Lipinski definition) is 4. The largest absolute Gasteiger partial charge is 0.399 e. The molecule has 1 aliphatic rings. The zero-order valence-corrected chi connectivity index (χ0v) is 8.97. The molecule has 1 fully saturated rings. The molecule has 0 radical (unpaired) electrons. The highest BCUT2D eigenvalue weighted by Crippen LogP contribution is 2.23. The Labute approximate surface area is 93.2 Å². The first kappa shape index (κ1) is 9.59. The topological polar surface area (TPSA) is 66.0 Å². The van der Waals surface area contributed by atoms with Gasteiger partial charge >= 0.3 is 0 Å². The lowest BCUT2D eigenvalue weighted by Crippen LogP contribution is -2.22. The van der Waals surface area contributed by atoms with Crippen LogP contribution in [0.1, 0.15) is 18.9 Å². The zero-order valence-electron chi connectivity index (χ0n) is 8.97. The molecule has 1 atom stereocenters. The second kappa shape index (κ2) is 3.75. The van der Waals surface area contributed by atoms with Crippen molar-refractivity contribution in [1.29, 1.82) is 0 Å². The monoisotopic (exact) mass is 218 g/mol. The summed E-state index contributed by atoms with van der Waals surface area (Å²) in [5.41, 5.74) is 8.41. The van der Waals surface area contributed by atoms with Gasteiger partial charge in [0.1, 0.15) is 5.52 Å². The van der Waals surface area contributed by atoms with Crippen LogP contribution in [0, 0.1) is 0 Å². The number of hydrogen-bond donors (Lipinski definition) is 1. The molecule has 1 aromatic carbocycles. The van der Waals surface area contributed by atoms with Crippen LogP contribution in [-0.4, -0.2) is 28.2 Å². The van der Waals surface area contributed by atoms with Gasteiger partial charge in [0.15, 0.2) is 0 Å². The number of fused-ring (bicyclic) bond motifs is 1. The minimum atomic E-state index is 0.292. The number of benzene rings is 1. The highest BCUT2D eigenvalue weighted by Gasteiger charge is 2.19. The molecule has 0 bridgehead atoms. The number of nitrogens with zero attached hydrogens (tertiary/aromatic N) is 3. The Morgan fingerprint density at radius 3 is 3.19 bits per heavy atom. The Morgan fingerprint density at radius 1 is 1.44 bits per heavy atom. The van der Waals surface area contributed by atoms with Crippen LogP contribution in [-0.2, 0) is 4.74 Å². The van der Waals surface area contributed by atoms with Crippen molar-refractivity contribution in [3.63, 3.8) is 0 Å². The zero-order chi connectivity index (χ0) is 11.0. The molecule has 3 rings (SSSR count). The van der Waals surface area contributed by atoms with Crippen LogP contribution in [0.4, 0.5) is 5.69 Å². The van der Waals surface area contributed by atoms with Gasteiger partial charge in [-0.15, -0.1) is 5.10 Å². The molecule has 2 N–H and O–H groups in total. The molecule has 0 amide bonds. The van der Waals surface area contributed by atoms with Crippen molar-refractivity contribution in [3.8, 4) is 0 Å². The van der Waals surface area contributed by atoms with E-state index in [1.54, 1.807) is 0 Å². The molecule has 0 saturated carbocycles. The molecule has 1 unspecified atom stereocenters. The smallest absolute Gasteiger partial charge is 0.113 e. The van der Waals surface area contributed by atoms with Gasteiger partial charge in [-0.1, -0.05) is 5.21 Å². The fourth-order valence-electron chi connectivity index (χ4n) is 2.14. The summed E-state index contributed by atoms with van der Waals surface area (Å²) in [5.74, 6) is 0. The van der Waals surface area contributed by atoms with E-state index in [9.17, 15) is 0 Å². The Bertz CT molecular complexity index is 502. The van der Waals surface area contributed by atoms with Crippen LogP contribution < -0.4 is 5.73 Å². The molecule has 1 aliphatic heterocycles. The van der Waals surface area contributed by atoms with E-state index in [-0.39, 0.29) is 0 Å². The summed E-state index contributed by atoms with van der Waals surface area (Å²) in [6.07, 6.45) is 2.17. The fourth-order valence-corrected chi connectivity index (χ4v) is 2.14. The van der Waals surface area contributed by atoms with Crippen molar-refractivity contribution in [2.24, 2.45) is 0 Å². The summed E-state index contributed by atoms with van der Waals surface area (Å²) >= 11 is 0. The summed E-state index contributed by atoms with van der Waals surface area (Å²) in [5, 5.41) is 8.33. The lowest BCUT2D eigenvalue weighted by Gasteiger charge is -2.22. The van der Waals surface area contributed by atoms with Gasteiger partial charge in [0, 0.05) is 12.3 Å². The van der Waals surface area contributed by atoms with Crippen molar-refractivity contribution < 1.29 is 4.74 Å². The highest BCUT2D eigenvalue weighted by atomic mass is 16.5. The molecule has 1 aromatic heterocycles. The van der Waals surface area contributed by atoms with Gasteiger partial charge < -0.3 is 10.5 Å². The van der Waals surface area contributed by atoms with Crippen LogP contribution in [0.25, 0.3) is 11.0 Å². The van der Waals surface area contributed by atoms with Gasteiger partial charge in [-0.3, -0.25) is 0 Å². The van der Waals surface area contributed by atoms with E-state index in [2.05, 4.69) is 10.3 Å². The summed E-state index contributed by atoms with van der Waals surface area (Å²) in [6.45, 7) is 1.57. The van der Waals surface area contributed by atoms with Crippen molar-refractivity contribution in [2.45, 2.75) is 18.9 Å². The minimum absolute atomic E-state index is 0.292. The van der Waals surface area contributed by atoms with E-state index in [0.717, 1.165) is 36.2 Å². The standard InChI is InChI=1S/C11H14N4O/c12-8-3-4-10-11(6-8)15(14-13-10)9-2-1-5-16-7-9/h3-4,6,9H,1-2,5,7,12H2. The average molecular weight is 218 g/mol. The Balaban J connectivity index is 2.05. The third-order valence-electron chi connectivity index (χ3n) is 2.98. The third kappa shape index (κ3) is 1.53. The maximum absolute atomic E-state index is 5.78. The van der Waals surface area contributed by atoms with Crippen molar-refractivity contribution >= 4 is 16.7 Å². The maximum Gasteiger partial charge on any atom is 0.113 e. The highest BCUT2D eigenvalue weighted by molar-refractivity contribution is 5.78. The Kier molecular flexibility index (Phi) is 2.25. The fraction of sp³-hybridized carbons (Fsp3) is 0.455. The van der Waals surface area contributed by atoms with Crippen molar-refractivity contribution in [3.05, 3.63) is 18.2 Å². The van der Waals surface area contributed by atoms with E-state index in [1.165, 1.54) is 0 Å². The second-order valence-corrected chi connectivity index (χ2v) is 4.15. The summed E-state index contributed by atoms with van der Waals surface area (Å²) in [4.78, 5) is 0. The molecule has 0 aliphatic carbocycles. The molecule has 2 aromatic rings. The van der Waals surface area contributed by atoms with Crippen LogP contribution in [0.15, 0.2) is 18.2 Å². The Morgan fingerprint density at radius 2 is 2.38 bits per heavy atom. The van der Waals surface area contributed by atoms with Crippen molar-refractivity contribution in [1.82, 2.24) is 15.0 Å². The summed E-state index contributed by atoms with van der Waals surface area (Å²) in [7, 11) is 0. The third-order valence-corrected chi connectivity index (χ3v) is 2.98. The summed E-state index contributed by atoms with van der Waals surface area (Å²) < 4.78 is 7.40. The molecular weight excluding hydrogens is 204 g/mol. The molecule has 5 heteroatoms. The van der Waals surface area contributed by atoms with Gasteiger partial charge in [0.05, 0.1) is 18.2 Å². The normalized spacial score (nSPS) is 21.4. The van der Waals surface area contributed by atoms with Gasteiger partial charge in [-0.05, 0) is 31.0 Å². The van der Waals surface area contributed by atoms with E-state index < -0.39 is 0 Å². The van der Waals surface area contributed by atoms with Crippen LogP contribution in [0.3, 0.4) is 0 Å². The predicted octanol–water partition coefficient (Wildman–Crippen LogP) is 1.36. The van der Waals surface area contributed by atoms with E-state index in [1.807, 2.05) is 22.9 Å². The minimum Gasteiger partial charge on any atom is -0.399 e. The van der Waals surface area contributed by atoms with E-state index in [0.29, 0.717) is 12.6 Å². The number of nitrogens with two attached hydrogens (primary N) is 1. The van der Waals surface area contributed by atoms with Gasteiger partial charge in [-0.25, -0.2) is 4.68 Å². The second-order valence-electron chi connectivity index (χ2n) is 4.15. The van der Waals surface area contributed by atoms with Crippen LogP contribution in [0.2, 0.25) is 0 Å². The number of rotatable bonds is 1. The first-order valence-electron chi connectivity index (χ1n) is 5.53. The predicted molar refractivity (Wildman–Crippen MR) is 61.0 cm³/mol. The average Bonchev–Trinajstić information content (AvgIpc) is 2.73. The van der Waals surface area contributed by atoms with E-state index in [4.69, 9.17) is 10.5 Å². The van der Waals surface area contributed by atoms with Crippen LogP contribution >= 0.6 is 0 Å². The molecule has 16 heavy (non-hydrogen) atoms. The van der Waals surface area contributed by atoms with Crippen LogP contribution in [0.5, 0.6) is 0 Å². The Hall–Kier alpha value is -1.62. The van der Waals surface area contributed by atoms with Gasteiger partial charge in [0.2, 0.25) is 0 Å². The number of anilines is 1. The molecule has 2 heterocycles. The molecular formula is C11H14N4O. The van der Waals surface area contributed by atoms with Gasteiger partial charge in [-0.2, -0.15) is 0 Å². The number of nitrogen functional groups attached to an aromatic ring is 1. The molecule has 5 nitrogen and oxygen atoms in total. The first-order valence-corrected chi connectivity index (χ1v) is 5.53. The number of ether oxygens (including phenoxy) is 1. The number of aromatic nitrogens is 3. The first-order chi connectivity index (χ1) is 7.84. The van der Waals surface area contributed by atoms with Crippen molar-refractivity contribution in [2.75, 3.05) is 18.9 Å².